The number of rotatable bonds is 3. The van der Waals surface area contributed by atoms with Crippen molar-refractivity contribution in [3.05, 3.63) is 0 Å². The van der Waals surface area contributed by atoms with Crippen LogP contribution in [0.15, 0.2) is 0 Å². The zero-order chi connectivity index (χ0) is 8.60. The Morgan fingerprint density at radius 2 is 2.17 bits per heavy atom. The summed E-state index contributed by atoms with van der Waals surface area (Å²) in [4.78, 5) is 2.42. The van der Waals surface area contributed by atoms with E-state index in [0.717, 1.165) is 26.3 Å². The number of likely N-dealkylation sites (tertiary alicyclic amines) is 1. The molecule has 0 unspecified atom stereocenters. The number of hydrogen-bond acceptors (Lipinski definition) is 3. The molecule has 70 valence electrons. The summed E-state index contributed by atoms with van der Waals surface area (Å²) in [7, 11) is 0. The minimum atomic E-state index is 0.440. The van der Waals surface area contributed by atoms with Crippen LogP contribution in [0.4, 0.5) is 0 Å². The van der Waals surface area contributed by atoms with Gasteiger partial charge in [0, 0.05) is 24.5 Å². The molecule has 3 heteroatoms. The van der Waals surface area contributed by atoms with Crippen LogP contribution in [-0.2, 0) is 4.74 Å². The topological polar surface area (TPSA) is 38.5 Å². The van der Waals surface area contributed by atoms with Gasteiger partial charge < -0.3 is 15.4 Å². The third-order valence-corrected chi connectivity index (χ3v) is 2.92. The molecule has 0 aromatic heterocycles. The van der Waals surface area contributed by atoms with Crippen molar-refractivity contribution in [1.29, 1.82) is 0 Å². The Morgan fingerprint density at radius 3 is 2.58 bits per heavy atom. The van der Waals surface area contributed by atoms with Crippen molar-refractivity contribution in [2.45, 2.75) is 19.4 Å². The summed E-state index contributed by atoms with van der Waals surface area (Å²) >= 11 is 0. The molecule has 0 aromatic carbocycles. The van der Waals surface area contributed by atoms with Gasteiger partial charge in [-0.1, -0.05) is 6.92 Å². The first kappa shape index (κ1) is 8.48. The maximum Gasteiger partial charge on any atom is 0.0542 e. The molecule has 2 rings (SSSR count). The van der Waals surface area contributed by atoms with Crippen molar-refractivity contribution in [3.63, 3.8) is 0 Å². The lowest BCUT2D eigenvalue weighted by molar-refractivity contribution is -0.110. The molecule has 0 aromatic rings. The fourth-order valence-corrected chi connectivity index (χ4v) is 1.82. The predicted octanol–water partition coefficient (Wildman–Crippen LogP) is 0.0559. The van der Waals surface area contributed by atoms with Crippen LogP contribution in [0.2, 0.25) is 0 Å². The lowest BCUT2D eigenvalue weighted by Crippen LogP contribution is -2.56. The van der Waals surface area contributed by atoms with Gasteiger partial charge in [-0.05, 0) is 13.0 Å². The molecule has 0 bridgehead atoms. The standard InChI is InChI=1S/C9H18N2O/c1-9(6-12-7-9)2-3-11-4-8(10)5-11/h8H,2-7,10H2,1H3. The van der Waals surface area contributed by atoms with Crippen LogP contribution in [0.3, 0.4) is 0 Å². The van der Waals surface area contributed by atoms with Gasteiger partial charge in [-0.25, -0.2) is 0 Å². The summed E-state index contributed by atoms with van der Waals surface area (Å²) in [6.45, 7) is 7.59. The van der Waals surface area contributed by atoms with Crippen molar-refractivity contribution < 1.29 is 4.74 Å². The first-order chi connectivity index (χ1) is 5.68. The third kappa shape index (κ3) is 1.63. The number of ether oxygens (including phenoxy) is 1. The molecule has 2 saturated heterocycles. The van der Waals surface area contributed by atoms with Crippen LogP contribution in [0.5, 0.6) is 0 Å². The van der Waals surface area contributed by atoms with E-state index in [4.69, 9.17) is 10.5 Å². The number of hydrogen-bond donors (Lipinski definition) is 1. The molecule has 2 N–H and O–H groups in total. The van der Waals surface area contributed by atoms with E-state index in [2.05, 4.69) is 11.8 Å². The van der Waals surface area contributed by atoms with Crippen molar-refractivity contribution >= 4 is 0 Å². The molecule has 2 aliphatic rings. The Labute approximate surface area is 73.9 Å². The Bertz CT molecular complexity index is 162. The van der Waals surface area contributed by atoms with Crippen LogP contribution in [-0.4, -0.2) is 43.8 Å². The molecule has 0 atom stereocenters. The molecule has 2 heterocycles. The first-order valence-corrected chi connectivity index (χ1v) is 4.74. The molecule has 2 fully saturated rings. The highest BCUT2D eigenvalue weighted by Gasteiger charge is 2.34. The molecule has 0 radical (unpaired) electrons. The Kier molecular flexibility index (Phi) is 2.10. The predicted molar refractivity (Wildman–Crippen MR) is 48.0 cm³/mol. The minimum absolute atomic E-state index is 0.440. The summed E-state index contributed by atoms with van der Waals surface area (Å²) in [6.07, 6.45) is 1.26. The molecule has 3 nitrogen and oxygen atoms in total. The lowest BCUT2D eigenvalue weighted by atomic mass is 9.84. The summed E-state index contributed by atoms with van der Waals surface area (Å²) in [5.41, 5.74) is 6.16. The monoisotopic (exact) mass is 170 g/mol. The Balaban J connectivity index is 1.62. The fraction of sp³-hybridized carbons (Fsp3) is 1.00. The van der Waals surface area contributed by atoms with Gasteiger partial charge in [0.25, 0.3) is 0 Å². The van der Waals surface area contributed by atoms with Gasteiger partial charge in [-0.3, -0.25) is 0 Å². The SMILES string of the molecule is CC1(CCN2CC(N)C2)COC1. The summed E-state index contributed by atoms with van der Waals surface area (Å²) in [6, 6.07) is 0.440. The van der Waals surface area contributed by atoms with Crippen LogP contribution < -0.4 is 5.73 Å². The molecule has 12 heavy (non-hydrogen) atoms. The average molecular weight is 170 g/mol. The average Bonchev–Trinajstić information content (AvgIpc) is 1.92. The fourth-order valence-electron chi connectivity index (χ4n) is 1.82. The van der Waals surface area contributed by atoms with Crippen molar-refractivity contribution in [1.82, 2.24) is 4.90 Å². The molecular weight excluding hydrogens is 152 g/mol. The molecule has 0 saturated carbocycles. The Morgan fingerprint density at radius 1 is 1.50 bits per heavy atom. The van der Waals surface area contributed by atoms with Crippen LogP contribution in [0.25, 0.3) is 0 Å². The molecule has 0 aliphatic carbocycles. The third-order valence-electron chi connectivity index (χ3n) is 2.92. The van der Waals surface area contributed by atoms with Gasteiger partial charge in [0.15, 0.2) is 0 Å². The second-order valence-electron chi connectivity index (χ2n) is 4.57. The van der Waals surface area contributed by atoms with Crippen LogP contribution in [0.1, 0.15) is 13.3 Å². The van der Waals surface area contributed by atoms with E-state index in [1.165, 1.54) is 13.0 Å². The zero-order valence-electron chi connectivity index (χ0n) is 7.75. The molecule has 0 amide bonds. The zero-order valence-corrected chi connectivity index (χ0v) is 7.75. The van der Waals surface area contributed by atoms with E-state index in [0.29, 0.717) is 11.5 Å². The van der Waals surface area contributed by atoms with Gasteiger partial charge in [0.1, 0.15) is 0 Å². The minimum Gasteiger partial charge on any atom is -0.380 e. The van der Waals surface area contributed by atoms with Crippen molar-refractivity contribution in [3.8, 4) is 0 Å². The van der Waals surface area contributed by atoms with Crippen LogP contribution in [0, 0.1) is 5.41 Å². The quantitative estimate of drug-likeness (QED) is 0.650. The maximum atomic E-state index is 5.69. The second kappa shape index (κ2) is 2.98. The van der Waals surface area contributed by atoms with E-state index >= 15 is 0 Å². The van der Waals surface area contributed by atoms with Crippen LogP contribution >= 0.6 is 0 Å². The van der Waals surface area contributed by atoms with E-state index < -0.39 is 0 Å². The van der Waals surface area contributed by atoms with Gasteiger partial charge >= 0.3 is 0 Å². The van der Waals surface area contributed by atoms with Gasteiger partial charge in [0.2, 0.25) is 0 Å². The highest BCUT2D eigenvalue weighted by molar-refractivity contribution is 4.86. The highest BCUT2D eigenvalue weighted by Crippen LogP contribution is 2.30. The molecular formula is C9H18N2O. The van der Waals surface area contributed by atoms with Gasteiger partial charge in [-0.15, -0.1) is 0 Å². The van der Waals surface area contributed by atoms with Gasteiger partial charge in [-0.2, -0.15) is 0 Å². The van der Waals surface area contributed by atoms with E-state index in [9.17, 15) is 0 Å². The largest absolute Gasteiger partial charge is 0.380 e. The van der Waals surface area contributed by atoms with E-state index in [1.807, 2.05) is 0 Å². The van der Waals surface area contributed by atoms with Gasteiger partial charge in [0.05, 0.1) is 13.2 Å². The molecule has 2 aliphatic heterocycles. The van der Waals surface area contributed by atoms with Crippen molar-refractivity contribution in [2.75, 3.05) is 32.8 Å². The first-order valence-electron chi connectivity index (χ1n) is 4.74. The second-order valence-corrected chi connectivity index (χ2v) is 4.57. The summed E-state index contributed by atoms with van der Waals surface area (Å²) in [5.74, 6) is 0. The summed E-state index contributed by atoms with van der Waals surface area (Å²) < 4.78 is 5.20. The van der Waals surface area contributed by atoms with Crippen molar-refractivity contribution in [2.24, 2.45) is 11.1 Å². The molecule has 0 spiro atoms. The maximum absolute atomic E-state index is 5.69. The van der Waals surface area contributed by atoms with E-state index in [-0.39, 0.29) is 0 Å². The Hall–Kier alpha value is -0.120. The number of nitrogens with two attached hydrogens (primary N) is 1. The normalized spacial score (nSPS) is 29.5. The smallest absolute Gasteiger partial charge is 0.0542 e. The van der Waals surface area contributed by atoms with E-state index in [1.54, 1.807) is 0 Å². The summed E-state index contributed by atoms with van der Waals surface area (Å²) in [5, 5.41) is 0. The number of nitrogens with zero attached hydrogens (tertiary/aromatic N) is 1. The lowest BCUT2D eigenvalue weighted by Gasteiger charge is -2.43. The highest BCUT2D eigenvalue weighted by atomic mass is 16.5.